The van der Waals surface area contributed by atoms with E-state index in [1.807, 2.05) is 6.26 Å². The van der Waals surface area contributed by atoms with Crippen LogP contribution in [0.3, 0.4) is 0 Å². The number of carboxylic acids is 1. The monoisotopic (exact) mass is 482 g/mol. The van der Waals surface area contributed by atoms with Gasteiger partial charge in [-0.3, -0.25) is 19.2 Å². The number of benzene rings is 1. The van der Waals surface area contributed by atoms with Gasteiger partial charge in [0.05, 0.1) is 6.04 Å². The summed E-state index contributed by atoms with van der Waals surface area (Å²) in [4.78, 5) is 49.4. The van der Waals surface area contributed by atoms with Gasteiger partial charge in [0.25, 0.3) is 0 Å². The summed E-state index contributed by atoms with van der Waals surface area (Å²) in [6.45, 7) is 4.81. The maximum absolute atomic E-state index is 13.0. The second-order valence-corrected chi connectivity index (χ2v) is 9.10. The van der Waals surface area contributed by atoms with Gasteiger partial charge in [-0.25, -0.2) is 0 Å². The molecule has 0 radical (unpaired) electrons. The van der Waals surface area contributed by atoms with Gasteiger partial charge in [-0.1, -0.05) is 26.0 Å². The van der Waals surface area contributed by atoms with Crippen LogP contribution in [-0.4, -0.2) is 70.1 Å². The molecule has 0 heterocycles. The number of nitrogens with one attached hydrogen (secondary N) is 3. The molecule has 10 nitrogen and oxygen atoms in total. The molecule has 1 aromatic carbocycles. The number of phenolic OH excluding ortho intramolecular Hbond substituents is 1. The van der Waals surface area contributed by atoms with E-state index >= 15 is 0 Å². The number of phenols is 1. The molecule has 1 aromatic rings. The Kier molecular flexibility index (Phi) is 11.7. The van der Waals surface area contributed by atoms with E-state index in [-0.39, 0.29) is 18.1 Å². The molecular weight excluding hydrogens is 448 g/mol. The van der Waals surface area contributed by atoms with Crippen molar-refractivity contribution in [1.29, 1.82) is 0 Å². The third-order valence-corrected chi connectivity index (χ3v) is 5.60. The number of thioether (sulfide) groups is 1. The molecule has 0 saturated heterocycles. The molecular formula is C22H34N4O6S. The standard InChI is InChI=1S/C22H34N4O6S/c1-12(2)18(26-19(28)16(23)9-10-33-4)21(30)25-17(20(29)24-13(3)22(31)32)11-14-5-7-15(27)8-6-14/h5-8,12-13,16-18,27H,9-11,23H2,1-4H3,(H,24,29)(H,25,30)(H,26,28)(H,31,32). The molecule has 0 aliphatic heterocycles. The molecule has 0 bridgehead atoms. The zero-order valence-corrected chi connectivity index (χ0v) is 20.1. The van der Waals surface area contributed by atoms with E-state index in [0.717, 1.165) is 0 Å². The summed E-state index contributed by atoms with van der Waals surface area (Å²) in [7, 11) is 0. The third-order valence-electron chi connectivity index (χ3n) is 4.95. The predicted octanol–water partition coefficient (Wildman–Crippen LogP) is 0.230. The molecule has 0 aromatic heterocycles. The fourth-order valence-corrected chi connectivity index (χ4v) is 3.38. The Morgan fingerprint density at radius 3 is 2.09 bits per heavy atom. The van der Waals surface area contributed by atoms with Gasteiger partial charge in [0.2, 0.25) is 17.7 Å². The van der Waals surface area contributed by atoms with Crippen LogP contribution in [0.25, 0.3) is 0 Å². The molecule has 0 saturated carbocycles. The van der Waals surface area contributed by atoms with Gasteiger partial charge in [0.15, 0.2) is 0 Å². The minimum absolute atomic E-state index is 0.0451. The molecule has 0 aliphatic rings. The molecule has 7 N–H and O–H groups in total. The summed E-state index contributed by atoms with van der Waals surface area (Å²) in [5.74, 6) is -2.50. The van der Waals surface area contributed by atoms with Gasteiger partial charge in [-0.15, -0.1) is 0 Å². The van der Waals surface area contributed by atoms with Gasteiger partial charge < -0.3 is 31.9 Å². The van der Waals surface area contributed by atoms with Crippen LogP contribution < -0.4 is 21.7 Å². The van der Waals surface area contributed by atoms with Gasteiger partial charge in [0, 0.05) is 6.42 Å². The minimum Gasteiger partial charge on any atom is -0.508 e. The summed E-state index contributed by atoms with van der Waals surface area (Å²) in [5.41, 5.74) is 6.54. The number of rotatable bonds is 13. The Hall–Kier alpha value is -2.79. The summed E-state index contributed by atoms with van der Waals surface area (Å²) < 4.78 is 0. The number of aliphatic carboxylic acids is 1. The Morgan fingerprint density at radius 2 is 1.58 bits per heavy atom. The van der Waals surface area contributed by atoms with E-state index in [0.29, 0.717) is 17.7 Å². The fraction of sp³-hybridized carbons (Fsp3) is 0.545. The van der Waals surface area contributed by atoms with E-state index in [1.54, 1.807) is 37.7 Å². The van der Waals surface area contributed by atoms with Crippen LogP contribution in [0.5, 0.6) is 5.75 Å². The van der Waals surface area contributed by atoms with Crippen molar-refractivity contribution in [1.82, 2.24) is 16.0 Å². The second kappa shape index (κ2) is 13.7. The Labute approximate surface area is 198 Å². The lowest BCUT2D eigenvalue weighted by Crippen LogP contribution is -2.58. The van der Waals surface area contributed by atoms with Gasteiger partial charge in [-0.05, 0) is 49.0 Å². The number of hydrogen-bond donors (Lipinski definition) is 6. The Balaban J connectivity index is 3.01. The smallest absolute Gasteiger partial charge is 0.325 e. The number of carbonyl (C=O) groups excluding carboxylic acids is 3. The molecule has 184 valence electrons. The number of carboxylic acid groups (broad SMARTS) is 1. The average molecular weight is 483 g/mol. The molecule has 4 atom stereocenters. The summed E-state index contributed by atoms with van der Waals surface area (Å²) in [6, 6.07) is 2.10. The lowest BCUT2D eigenvalue weighted by atomic mass is 10.00. The van der Waals surface area contributed by atoms with Crippen molar-refractivity contribution in [3.8, 4) is 5.75 Å². The van der Waals surface area contributed by atoms with Crippen LogP contribution in [0.15, 0.2) is 24.3 Å². The highest BCUT2D eigenvalue weighted by Crippen LogP contribution is 2.12. The largest absolute Gasteiger partial charge is 0.508 e. The van der Waals surface area contributed by atoms with Crippen molar-refractivity contribution in [2.24, 2.45) is 11.7 Å². The molecule has 33 heavy (non-hydrogen) atoms. The highest BCUT2D eigenvalue weighted by Gasteiger charge is 2.31. The predicted molar refractivity (Wildman–Crippen MR) is 127 cm³/mol. The number of carbonyl (C=O) groups is 4. The zero-order chi connectivity index (χ0) is 25.1. The number of nitrogens with two attached hydrogens (primary N) is 1. The Bertz CT molecular complexity index is 818. The maximum atomic E-state index is 13.0. The van der Waals surface area contributed by atoms with Crippen LogP contribution in [0.4, 0.5) is 0 Å². The fourth-order valence-electron chi connectivity index (χ4n) is 2.89. The average Bonchev–Trinajstić information content (AvgIpc) is 2.75. The van der Waals surface area contributed by atoms with Crippen molar-refractivity contribution in [3.63, 3.8) is 0 Å². The third kappa shape index (κ3) is 9.70. The quantitative estimate of drug-likeness (QED) is 0.232. The van der Waals surface area contributed by atoms with E-state index < -0.39 is 47.9 Å². The van der Waals surface area contributed by atoms with E-state index in [4.69, 9.17) is 10.8 Å². The van der Waals surface area contributed by atoms with Crippen LogP contribution in [0.2, 0.25) is 0 Å². The highest BCUT2D eigenvalue weighted by molar-refractivity contribution is 7.98. The lowest BCUT2D eigenvalue weighted by Gasteiger charge is -2.26. The molecule has 11 heteroatoms. The number of aromatic hydroxyl groups is 1. The van der Waals surface area contributed by atoms with Crippen molar-refractivity contribution in [3.05, 3.63) is 29.8 Å². The van der Waals surface area contributed by atoms with E-state index in [1.165, 1.54) is 19.1 Å². The van der Waals surface area contributed by atoms with Crippen molar-refractivity contribution >= 4 is 35.5 Å². The normalized spacial score (nSPS) is 14.6. The number of amides is 3. The SMILES string of the molecule is CSCCC(N)C(=O)NC(C(=O)NC(Cc1ccc(O)cc1)C(=O)NC(C)C(=O)O)C(C)C. The second-order valence-electron chi connectivity index (χ2n) is 8.12. The topological polar surface area (TPSA) is 171 Å². The van der Waals surface area contributed by atoms with Crippen LogP contribution in [0.1, 0.15) is 32.8 Å². The number of hydrogen-bond acceptors (Lipinski definition) is 7. The van der Waals surface area contributed by atoms with Crippen molar-refractivity contribution < 1.29 is 29.4 Å². The molecule has 1 rings (SSSR count). The lowest BCUT2D eigenvalue weighted by molar-refractivity contribution is -0.141. The van der Waals surface area contributed by atoms with E-state index in [2.05, 4.69) is 16.0 Å². The highest BCUT2D eigenvalue weighted by atomic mass is 32.2. The molecule has 3 amide bonds. The van der Waals surface area contributed by atoms with Gasteiger partial charge in [-0.2, -0.15) is 11.8 Å². The van der Waals surface area contributed by atoms with Gasteiger partial charge in [0.1, 0.15) is 23.9 Å². The van der Waals surface area contributed by atoms with Crippen molar-refractivity contribution in [2.45, 2.75) is 57.8 Å². The molecule has 0 spiro atoms. The molecule has 0 aliphatic carbocycles. The van der Waals surface area contributed by atoms with Crippen LogP contribution in [0, 0.1) is 5.92 Å². The molecule has 4 unspecified atom stereocenters. The first-order chi connectivity index (χ1) is 15.5. The first kappa shape index (κ1) is 28.2. The van der Waals surface area contributed by atoms with Crippen molar-refractivity contribution in [2.75, 3.05) is 12.0 Å². The maximum Gasteiger partial charge on any atom is 0.325 e. The van der Waals surface area contributed by atoms with Gasteiger partial charge >= 0.3 is 5.97 Å². The summed E-state index contributed by atoms with van der Waals surface area (Å²) in [5, 5.41) is 26.2. The molecule has 0 fully saturated rings. The zero-order valence-electron chi connectivity index (χ0n) is 19.3. The first-order valence-corrected chi connectivity index (χ1v) is 12.0. The minimum atomic E-state index is -1.22. The first-order valence-electron chi connectivity index (χ1n) is 10.6. The summed E-state index contributed by atoms with van der Waals surface area (Å²) in [6.07, 6.45) is 2.41. The summed E-state index contributed by atoms with van der Waals surface area (Å²) >= 11 is 1.56. The van der Waals surface area contributed by atoms with Crippen LogP contribution in [-0.2, 0) is 25.6 Å². The van der Waals surface area contributed by atoms with Crippen LogP contribution >= 0.6 is 11.8 Å². The van der Waals surface area contributed by atoms with E-state index in [9.17, 15) is 24.3 Å². The Morgan fingerprint density at radius 1 is 0.970 bits per heavy atom.